The minimum absolute atomic E-state index is 0. The quantitative estimate of drug-likeness (QED) is 0.337. The van der Waals surface area contributed by atoms with Crippen molar-refractivity contribution < 1.29 is 27.3 Å². The van der Waals surface area contributed by atoms with E-state index in [1.165, 1.54) is 0 Å². The molecule has 0 aliphatic carbocycles. The Hall–Kier alpha value is -1.65. The van der Waals surface area contributed by atoms with E-state index >= 15 is 0 Å². The van der Waals surface area contributed by atoms with Gasteiger partial charge in [-0.3, -0.25) is 4.31 Å². The zero-order valence-electron chi connectivity index (χ0n) is 12.1. The molecule has 2 aromatic rings. The van der Waals surface area contributed by atoms with Gasteiger partial charge in [0, 0.05) is 0 Å². The van der Waals surface area contributed by atoms with Crippen LogP contribution in [0.3, 0.4) is 0 Å². The Labute approximate surface area is 138 Å². The molecule has 2 aromatic carbocycles. The van der Waals surface area contributed by atoms with E-state index in [2.05, 4.69) is 0 Å². The van der Waals surface area contributed by atoms with Crippen LogP contribution in [0.25, 0.3) is 0 Å². The first-order valence-corrected chi connectivity index (χ1v) is 7.54. The summed E-state index contributed by atoms with van der Waals surface area (Å²) in [6.07, 6.45) is 7.25. The molecule has 102 valence electrons. The van der Waals surface area contributed by atoms with Crippen LogP contribution in [0, 0.1) is 19.4 Å². The van der Waals surface area contributed by atoms with Gasteiger partial charge in [0.15, 0.2) is 0 Å². The third-order valence-corrected chi connectivity index (χ3v) is 4.57. The minimum Gasteiger partial charge on any atom is -0.668 e. The van der Waals surface area contributed by atoms with Crippen molar-refractivity contribution in [3.05, 3.63) is 72.1 Å². The van der Waals surface area contributed by atoms with E-state index in [0.29, 0.717) is 0 Å². The molecule has 0 aliphatic rings. The second-order valence-corrected chi connectivity index (χ2v) is 6.28. The van der Waals surface area contributed by atoms with E-state index in [1.54, 1.807) is 24.3 Å². The standard InChI is InChI=1S/C16H14NO2S.Li/c1-3-17(13-15-7-5-4-6-8-15)20(18,19)16-11-9-14(2)10-12-16;/h4-12H,13H2,2H3;/q-1;+1. The van der Waals surface area contributed by atoms with Crippen molar-refractivity contribution in [1.29, 1.82) is 0 Å². The summed E-state index contributed by atoms with van der Waals surface area (Å²) in [5.41, 5.74) is 1.79. The normalized spacial score (nSPS) is 10.3. The van der Waals surface area contributed by atoms with Crippen molar-refractivity contribution in [1.82, 2.24) is 4.31 Å². The zero-order valence-corrected chi connectivity index (χ0v) is 12.9. The number of nitrogens with zero attached hydrogens (tertiary/aromatic N) is 1. The maximum absolute atomic E-state index is 12.4. The first kappa shape index (κ1) is 17.4. The zero-order chi connectivity index (χ0) is 14.6. The number of hydrogen-bond donors (Lipinski definition) is 0. The van der Waals surface area contributed by atoms with E-state index in [0.717, 1.165) is 15.4 Å². The molecule has 0 N–H and O–H groups in total. The molecular formula is C16H14LiNO2S. The molecule has 0 saturated carbocycles. The Morgan fingerprint density at radius 2 is 1.62 bits per heavy atom. The summed E-state index contributed by atoms with van der Waals surface area (Å²) in [5.74, 6) is 0. The van der Waals surface area contributed by atoms with Crippen LogP contribution in [0.5, 0.6) is 0 Å². The summed E-state index contributed by atoms with van der Waals surface area (Å²) < 4.78 is 25.8. The predicted molar refractivity (Wildman–Crippen MR) is 77.5 cm³/mol. The molecule has 0 aromatic heterocycles. The molecule has 0 saturated heterocycles. The van der Waals surface area contributed by atoms with Crippen molar-refractivity contribution in [3.63, 3.8) is 0 Å². The fraction of sp³-hybridized carbons (Fsp3) is 0.125. The van der Waals surface area contributed by atoms with Gasteiger partial charge in [0.2, 0.25) is 0 Å². The van der Waals surface area contributed by atoms with E-state index in [1.807, 2.05) is 43.3 Å². The Bertz CT molecular complexity index is 719. The summed E-state index contributed by atoms with van der Waals surface area (Å²) >= 11 is 0. The van der Waals surface area contributed by atoms with Crippen LogP contribution >= 0.6 is 0 Å². The van der Waals surface area contributed by atoms with Crippen LogP contribution in [0.4, 0.5) is 0 Å². The van der Waals surface area contributed by atoms with Gasteiger partial charge < -0.3 is 6.42 Å². The summed E-state index contributed by atoms with van der Waals surface area (Å²) in [7, 11) is -3.73. The molecule has 0 atom stereocenters. The largest absolute Gasteiger partial charge is 1.00 e. The Morgan fingerprint density at radius 1 is 1.05 bits per heavy atom. The first-order valence-electron chi connectivity index (χ1n) is 6.10. The summed E-state index contributed by atoms with van der Waals surface area (Å²) in [5, 5.41) is 0. The average Bonchev–Trinajstić information content (AvgIpc) is 2.46. The molecule has 0 radical (unpaired) electrons. The molecule has 3 nitrogen and oxygen atoms in total. The Morgan fingerprint density at radius 3 is 2.14 bits per heavy atom. The van der Waals surface area contributed by atoms with Crippen molar-refractivity contribution in [2.75, 3.05) is 0 Å². The molecule has 0 spiro atoms. The molecule has 0 heterocycles. The van der Waals surface area contributed by atoms with Crippen LogP contribution < -0.4 is 18.9 Å². The van der Waals surface area contributed by atoms with Crippen molar-refractivity contribution in [2.45, 2.75) is 18.4 Å². The number of sulfonamides is 1. The Balaban J connectivity index is 0.00000220. The first-order chi connectivity index (χ1) is 9.54. The van der Waals surface area contributed by atoms with Crippen LogP contribution in [0.1, 0.15) is 11.1 Å². The van der Waals surface area contributed by atoms with Gasteiger partial charge in [0.1, 0.15) is 0 Å². The maximum atomic E-state index is 12.4. The summed E-state index contributed by atoms with van der Waals surface area (Å²) in [6.45, 7) is 1.99. The van der Waals surface area contributed by atoms with E-state index < -0.39 is 10.0 Å². The third kappa shape index (κ3) is 4.16. The van der Waals surface area contributed by atoms with Gasteiger partial charge >= 0.3 is 18.9 Å². The van der Waals surface area contributed by atoms with Crippen molar-refractivity contribution in [3.8, 4) is 6.04 Å². The summed E-state index contributed by atoms with van der Waals surface area (Å²) in [6, 6.07) is 17.7. The van der Waals surface area contributed by atoms with Crippen LogP contribution in [0.15, 0.2) is 59.5 Å². The van der Waals surface area contributed by atoms with E-state index in [4.69, 9.17) is 6.42 Å². The molecule has 0 unspecified atom stereocenters. The van der Waals surface area contributed by atoms with Crippen LogP contribution in [-0.2, 0) is 16.6 Å². The van der Waals surface area contributed by atoms with Crippen molar-refractivity contribution in [2.24, 2.45) is 0 Å². The predicted octanol–water partition coefficient (Wildman–Crippen LogP) is -0.263. The smallest absolute Gasteiger partial charge is 0.668 e. The summed E-state index contributed by atoms with van der Waals surface area (Å²) in [4.78, 5) is 0.166. The molecule has 21 heavy (non-hydrogen) atoms. The molecule has 0 amide bonds. The molecule has 0 bridgehead atoms. The molecule has 0 aliphatic heterocycles. The third-order valence-electron chi connectivity index (χ3n) is 2.90. The second-order valence-electron chi connectivity index (χ2n) is 4.42. The number of benzene rings is 2. The SMILES string of the molecule is [C-]#CN(Cc1ccccc1)S(=O)(=O)c1ccc(C)cc1.[Li+]. The van der Waals surface area contributed by atoms with Gasteiger partial charge in [0.05, 0.1) is 11.4 Å². The molecule has 5 heteroatoms. The molecule has 2 rings (SSSR count). The van der Waals surface area contributed by atoms with Crippen LogP contribution in [0.2, 0.25) is 0 Å². The van der Waals surface area contributed by atoms with E-state index in [-0.39, 0.29) is 30.3 Å². The Kier molecular flexibility index (Phi) is 6.12. The minimum atomic E-state index is -3.73. The van der Waals surface area contributed by atoms with Crippen LogP contribution in [-0.4, -0.2) is 12.7 Å². The molecular weight excluding hydrogens is 277 g/mol. The number of hydrogen-bond acceptors (Lipinski definition) is 2. The fourth-order valence-corrected chi connectivity index (χ4v) is 2.95. The fourth-order valence-electron chi connectivity index (χ4n) is 1.77. The van der Waals surface area contributed by atoms with Gasteiger partial charge in [-0.15, -0.1) is 0 Å². The monoisotopic (exact) mass is 291 g/mol. The van der Waals surface area contributed by atoms with Gasteiger partial charge in [-0.1, -0.05) is 48.0 Å². The number of rotatable bonds is 4. The van der Waals surface area contributed by atoms with Gasteiger partial charge in [-0.25, -0.2) is 14.5 Å². The van der Waals surface area contributed by atoms with Gasteiger partial charge in [0.25, 0.3) is 10.0 Å². The molecule has 0 fully saturated rings. The average molecular weight is 291 g/mol. The topological polar surface area (TPSA) is 37.4 Å². The van der Waals surface area contributed by atoms with Gasteiger partial charge in [-0.2, -0.15) is 0 Å². The van der Waals surface area contributed by atoms with Gasteiger partial charge in [-0.05, 0) is 24.6 Å². The maximum Gasteiger partial charge on any atom is 1.00 e. The number of aryl methyl sites for hydroxylation is 1. The van der Waals surface area contributed by atoms with Crippen molar-refractivity contribution >= 4 is 10.0 Å². The second kappa shape index (κ2) is 7.38. The van der Waals surface area contributed by atoms with E-state index in [9.17, 15) is 8.42 Å².